The van der Waals surface area contributed by atoms with Crippen molar-refractivity contribution < 1.29 is 23.5 Å². The minimum absolute atomic E-state index is 0.0791. The van der Waals surface area contributed by atoms with Crippen molar-refractivity contribution in [1.29, 1.82) is 0 Å². The maximum atomic E-state index is 11.9. The molecule has 0 saturated heterocycles. The van der Waals surface area contributed by atoms with Crippen LogP contribution < -0.4 is 0 Å². The Morgan fingerprint density at radius 1 is 1.17 bits per heavy atom. The standard InChI is InChI=1S/C18H32O5Si/c1-17(2,3)16(20)21-11-13-9-10-15(19)23-14(13)12-22-24(7,8)18(4,5)6/h9-10,13-14H,11-12H2,1-8H3/t13-,14-/m1/s1. The van der Waals surface area contributed by atoms with Crippen LogP contribution in [-0.2, 0) is 23.5 Å². The van der Waals surface area contributed by atoms with Crippen LogP contribution in [0.3, 0.4) is 0 Å². The van der Waals surface area contributed by atoms with Gasteiger partial charge in [0.05, 0.1) is 17.9 Å². The molecule has 1 rings (SSSR count). The first-order valence-electron chi connectivity index (χ1n) is 8.44. The van der Waals surface area contributed by atoms with E-state index in [1.54, 1.807) is 6.08 Å². The van der Waals surface area contributed by atoms with Crippen molar-refractivity contribution in [3.05, 3.63) is 12.2 Å². The van der Waals surface area contributed by atoms with Crippen LogP contribution in [0, 0.1) is 11.3 Å². The fourth-order valence-corrected chi connectivity index (χ4v) is 2.83. The zero-order valence-electron chi connectivity index (χ0n) is 16.3. The van der Waals surface area contributed by atoms with Gasteiger partial charge in [-0.15, -0.1) is 0 Å². The van der Waals surface area contributed by atoms with Crippen LogP contribution in [0.5, 0.6) is 0 Å². The number of esters is 2. The summed E-state index contributed by atoms with van der Waals surface area (Å²) in [6, 6.07) is 0. The Balaban J connectivity index is 2.71. The topological polar surface area (TPSA) is 61.8 Å². The smallest absolute Gasteiger partial charge is 0.330 e. The van der Waals surface area contributed by atoms with Gasteiger partial charge in [-0.1, -0.05) is 26.8 Å². The second-order valence-corrected chi connectivity index (χ2v) is 13.7. The van der Waals surface area contributed by atoms with Crippen LogP contribution >= 0.6 is 0 Å². The summed E-state index contributed by atoms with van der Waals surface area (Å²) >= 11 is 0. The molecule has 0 aromatic heterocycles. The van der Waals surface area contributed by atoms with Crippen molar-refractivity contribution in [1.82, 2.24) is 0 Å². The predicted octanol–water partition coefficient (Wildman–Crippen LogP) is 3.70. The maximum absolute atomic E-state index is 11.9. The van der Waals surface area contributed by atoms with E-state index in [1.807, 2.05) is 20.8 Å². The second kappa shape index (κ2) is 7.40. The van der Waals surface area contributed by atoms with Crippen molar-refractivity contribution in [2.45, 2.75) is 65.8 Å². The first-order valence-corrected chi connectivity index (χ1v) is 11.3. The minimum Gasteiger partial charge on any atom is -0.465 e. The first kappa shape index (κ1) is 20.9. The van der Waals surface area contributed by atoms with Crippen molar-refractivity contribution in [3.8, 4) is 0 Å². The Kier molecular flexibility index (Phi) is 6.44. The van der Waals surface area contributed by atoms with Crippen molar-refractivity contribution >= 4 is 20.3 Å². The number of carbonyl (C=O) groups excluding carboxylic acids is 2. The summed E-state index contributed by atoms with van der Waals surface area (Å²) in [4.78, 5) is 23.5. The third-order valence-electron chi connectivity index (χ3n) is 4.66. The highest BCUT2D eigenvalue weighted by Gasteiger charge is 2.39. The van der Waals surface area contributed by atoms with E-state index < -0.39 is 19.8 Å². The lowest BCUT2D eigenvalue weighted by atomic mass is 9.97. The van der Waals surface area contributed by atoms with Gasteiger partial charge in [-0.25, -0.2) is 4.79 Å². The van der Waals surface area contributed by atoms with E-state index in [0.717, 1.165) is 0 Å². The molecule has 0 aromatic rings. The number of hydrogen-bond donors (Lipinski definition) is 0. The van der Waals surface area contributed by atoms with Crippen LogP contribution in [0.2, 0.25) is 18.1 Å². The highest BCUT2D eigenvalue weighted by molar-refractivity contribution is 6.74. The summed E-state index contributed by atoms with van der Waals surface area (Å²) in [5.74, 6) is -0.826. The molecular weight excluding hydrogens is 324 g/mol. The van der Waals surface area contributed by atoms with E-state index in [9.17, 15) is 9.59 Å². The molecule has 0 unspecified atom stereocenters. The highest BCUT2D eigenvalue weighted by Crippen LogP contribution is 2.37. The summed E-state index contributed by atoms with van der Waals surface area (Å²) in [5, 5.41) is 0.0791. The van der Waals surface area contributed by atoms with Crippen molar-refractivity contribution in [3.63, 3.8) is 0 Å². The van der Waals surface area contributed by atoms with Gasteiger partial charge in [-0.2, -0.15) is 0 Å². The fraction of sp³-hybridized carbons (Fsp3) is 0.778. The first-order chi connectivity index (χ1) is 10.7. The molecule has 5 nitrogen and oxygen atoms in total. The molecule has 0 aromatic carbocycles. The van der Waals surface area contributed by atoms with E-state index in [-0.39, 0.29) is 29.5 Å². The van der Waals surface area contributed by atoms with Crippen LogP contribution in [0.4, 0.5) is 0 Å². The predicted molar refractivity (Wildman–Crippen MR) is 96.1 cm³/mol. The summed E-state index contributed by atoms with van der Waals surface area (Å²) < 4.78 is 17.0. The molecule has 2 atom stereocenters. The fourth-order valence-electron chi connectivity index (χ4n) is 1.82. The molecule has 0 spiro atoms. The van der Waals surface area contributed by atoms with Crippen molar-refractivity contribution in [2.24, 2.45) is 11.3 Å². The molecule has 24 heavy (non-hydrogen) atoms. The van der Waals surface area contributed by atoms with Gasteiger partial charge < -0.3 is 13.9 Å². The van der Waals surface area contributed by atoms with Gasteiger partial charge in [-0.3, -0.25) is 4.79 Å². The molecule has 6 heteroatoms. The average molecular weight is 357 g/mol. The third-order valence-corrected chi connectivity index (χ3v) is 9.16. The average Bonchev–Trinajstić information content (AvgIpc) is 2.41. The number of carbonyl (C=O) groups is 2. The Hall–Kier alpha value is -1.14. The van der Waals surface area contributed by atoms with Gasteiger partial charge in [0, 0.05) is 6.08 Å². The summed E-state index contributed by atoms with van der Waals surface area (Å²) in [7, 11) is -1.94. The molecule has 0 bridgehead atoms. The van der Waals surface area contributed by atoms with E-state index in [0.29, 0.717) is 6.61 Å². The van der Waals surface area contributed by atoms with Gasteiger partial charge in [0.2, 0.25) is 0 Å². The molecule has 0 fully saturated rings. The van der Waals surface area contributed by atoms with Gasteiger partial charge in [-0.05, 0) is 38.9 Å². The number of hydrogen-bond acceptors (Lipinski definition) is 5. The lowest BCUT2D eigenvalue weighted by Gasteiger charge is -2.38. The summed E-state index contributed by atoms with van der Waals surface area (Å²) in [6.45, 7) is 16.7. The third kappa shape index (κ3) is 5.74. The molecule has 138 valence electrons. The van der Waals surface area contributed by atoms with Crippen LogP contribution in [0.25, 0.3) is 0 Å². The van der Waals surface area contributed by atoms with Gasteiger partial charge in [0.25, 0.3) is 0 Å². The van der Waals surface area contributed by atoms with E-state index in [4.69, 9.17) is 13.9 Å². The van der Waals surface area contributed by atoms with Crippen molar-refractivity contribution in [2.75, 3.05) is 13.2 Å². The second-order valence-electron chi connectivity index (χ2n) is 8.92. The lowest BCUT2D eigenvalue weighted by molar-refractivity contribution is -0.158. The maximum Gasteiger partial charge on any atom is 0.330 e. The quantitative estimate of drug-likeness (QED) is 0.555. The summed E-state index contributed by atoms with van der Waals surface area (Å²) in [5.41, 5.74) is -0.553. The van der Waals surface area contributed by atoms with Gasteiger partial charge in [0.15, 0.2) is 8.32 Å². The molecule has 0 N–H and O–H groups in total. The molecular formula is C18H32O5Si. The van der Waals surface area contributed by atoms with Crippen LogP contribution in [0.15, 0.2) is 12.2 Å². The molecule has 1 aliphatic heterocycles. The van der Waals surface area contributed by atoms with E-state index in [1.165, 1.54) is 6.08 Å². The zero-order chi connectivity index (χ0) is 18.8. The molecule has 0 saturated carbocycles. The summed E-state index contributed by atoms with van der Waals surface area (Å²) in [6.07, 6.45) is 2.71. The molecule has 1 heterocycles. The Morgan fingerprint density at radius 3 is 2.25 bits per heavy atom. The van der Waals surface area contributed by atoms with E-state index >= 15 is 0 Å². The Bertz CT molecular complexity index is 497. The molecule has 0 aliphatic carbocycles. The number of cyclic esters (lactones) is 1. The molecule has 1 aliphatic rings. The van der Waals surface area contributed by atoms with Crippen LogP contribution in [-0.4, -0.2) is 39.6 Å². The van der Waals surface area contributed by atoms with Gasteiger partial charge in [0.1, 0.15) is 12.7 Å². The monoisotopic (exact) mass is 356 g/mol. The normalized spacial score (nSPS) is 22.2. The number of rotatable bonds is 5. The van der Waals surface area contributed by atoms with Crippen LogP contribution in [0.1, 0.15) is 41.5 Å². The minimum atomic E-state index is -1.94. The Labute approximate surface area is 146 Å². The molecule has 0 radical (unpaired) electrons. The highest BCUT2D eigenvalue weighted by atomic mass is 28.4. The zero-order valence-corrected chi connectivity index (χ0v) is 17.3. The molecule has 0 amide bonds. The SMILES string of the molecule is CC(C)(C)C(=O)OC[C@H]1C=CC(=O)O[C@@H]1CO[Si](C)(C)C(C)(C)C. The lowest BCUT2D eigenvalue weighted by Crippen LogP contribution is -2.45. The Morgan fingerprint density at radius 2 is 1.75 bits per heavy atom. The number of ether oxygens (including phenoxy) is 2. The van der Waals surface area contributed by atoms with E-state index in [2.05, 4.69) is 33.9 Å². The largest absolute Gasteiger partial charge is 0.465 e. The van der Waals surface area contributed by atoms with Gasteiger partial charge >= 0.3 is 11.9 Å².